The number of unbranched alkanes of at least 4 members (excludes halogenated alkanes) is 7. The number of hydrogen-bond donors (Lipinski definition) is 0. The van der Waals surface area contributed by atoms with Gasteiger partial charge in [0.15, 0.2) is 5.82 Å². The smallest absolute Gasteiger partial charge is 0.159 e. The molecule has 0 unspecified atom stereocenters. The zero-order valence-corrected chi connectivity index (χ0v) is 19.3. The van der Waals surface area contributed by atoms with Gasteiger partial charge in [0.2, 0.25) is 0 Å². The summed E-state index contributed by atoms with van der Waals surface area (Å²) in [5.74, 6) is 0.787. The van der Waals surface area contributed by atoms with Crippen LogP contribution >= 0.6 is 0 Å². The molecule has 3 rings (SSSR count). The van der Waals surface area contributed by atoms with Crippen molar-refractivity contribution in [1.29, 1.82) is 0 Å². The summed E-state index contributed by atoms with van der Waals surface area (Å²) in [6.07, 6.45) is 19.8. The lowest BCUT2D eigenvalue weighted by Crippen LogP contribution is -1.93. The Morgan fingerprint density at radius 3 is 1.68 bits per heavy atom. The van der Waals surface area contributed by atoms with Gasteiger partial charge < -0.3 is 0 Å². The molecule has 0 amide bonds. The molecule has 31 heavy (non-hydrogen) atoms. The highest BCUT2D eigenvalue weighted by molar-refractivity contribution is 5.65. The van der Waals surface area contributed by atoms with E-state index in [0.717, 1.165) is 35.5 Å². The predicted octanol–water partition coefficient (Wildman–Crippen LogP) is 7.84. The molecule has 0 aliphatic heterocycles. The molecule has 0 N–H and O–H groups in total. The summed E-state index contributed by atoms with van der Waals surface area (Å²) >= 11 is 0. The highest BCUT2D eigenvalue weighted by atomic mass is 14.9. The van der Waals surface area contributed by atoms with E-state index in [0.29, 0.717) is 0 Å². The number of nitrogens with zero attached hydrogens (tertiary/aromatic N) is 3. The monoisotopic (exact) mass is 415 g/mol. The average Bonchev–Trinajstić information content (AvgIpc) is 2.83. The van der Waals surface area contributed by atoms with Crippen molar-refractivity contribution in [3.8, 4) is 22.6 Å². The number of rotatable bonds is 13. The summed E-state index contributed by atoms with van der Waals surface area (Å²) in [5.41, 5.74) is 5.76. The normalized spacial score (nSPS) is 11.0. The third kappa shape index (κ3) is 7.57. The number of pyridine rings is 1. The molecule has 0 aliphatic rings. The lowest BCUT2D eigenvalue weighted by molar-refractivity contribution is 0.632. The van der Waals surface area contributed by atoms with Crippen molar-refractivity contribution in [2.75, 3.05) is 0 Å². The van der Waals surface area contributed by atoms with Gasteiger partial charge in [-0.3, -0.25) is 4.98 Å². The van der Waals surface area contributed by atoms with Gasteiger partial charge in [-0.15, -0.1) is 0 Å². The van der Waals surface area contributed by atoms with E-state index >= 15 is 0 Å². The molecule has 0 saturated carbocycles. The van der Waals surface area contributed by atoms with Gasteiger partial charge in [-0.1, -0.05) is 89.1 Å². The second kappa shape index (κ2) is 13.0. The van der Waals surface area contributed by atoms with Crippen molar-refractivity contribution < 1.29 is 0 Å². The van der Waals surface area contributed by atoms with Crippen LogP contribution in [-0.4, -0.2) is 15.0 Å². The molecule has 2 aromatic heterocycles. The van der Waals surface area contributed by atoms with E-state index in [1.807, 2.05) is 18.6 Å². The first-order valence-corrected chi connectivity index (χ1v) is 12.2. The van der Waals surface area contributed by atoms with Crippen LogP contribution in [0, 0.1) is 0 Å². The average molecular weight is 416 g/mol. The number of aryl methyl sites for hydroxylation is 2. The van der Waals surface area contributed by atoms with Crippen molar-refractivity contribution in [1.82, 2.24) is 15.0 Å². The number of aromatic nitrogens is 3. The minimum absolute atomic E-state index is 0.787. The second-order valence-corrected chi connectivity index (χ2v) is 8.52. The fourth-order valence-electron chi connectivity index (χ4n) is 3.85. The van der Waals surface area contributed by atoms with Gasteiger partial charge in [0, 0.05) is 29.7 Å². The van der Waals surface area contributed by atoms with Crippen LogP contribution in [0.15, 0.2) is 55.0 Å². The van der Waals surface area contributed by atoms with Gasteiger partial charge in [0.25, 0.3) is 0 Å². The van der Waals surface area contributed by atoms with Crippen molar-refractivity contribution in [2.45, 2.75) is 84.5 Å². The predicted molar refractivity (Wildman–Crippen MR) is 131 cm³/mol. The molecule has 2 heterocycles. The molecule has 0 aliphatic carbocycles. The van der Waals surface area contributed by atoms with Gasteiger partial charge in [-0.05, 0) is 42.9 Å². The van der Waals surface area contributed by atoms with Crippen molar-refractivity contribution in [3.63, 3.8) is 0 Å². The second-order valence-electron chi connectivity index (χ2n) is 8.52. The van der Waals surface area contributed by atoms with E-state index in [4.69, 9.17) is 0 Å². The van der Waals surface area contributed by atoms with Crippen molar-refractivity contribution in [2.24, 2.45) is 0 Å². The Balaban J connectivity index is 1.53. The molecule has 0 atom stereocenters. The molecule has 3 heteroatoms. The SMILES string of the molecule is CCCCCCCc1ccc(-c2ccc(-c3ncc(CCCCCC)cn3)cc2)nc1. The van der Waals surface area contributed by atoms with E-state index in [9.17, 15) is 0 Å². The molecule has 1 aromatic carbocycles. The molecule has 0 bridgehead atoms. The first-order chi connectivity index (χ1) is 15.3. The first kappa shape index (κ1) is 23.1. The minimum Gasteiger partial charge on any atom is -0.256 e. The van der Waals surface area contributed by atoms with Crippen LogP contribution in [-0.2, 0) is 12.8 Å². The zero-order chi connectivity index (χ0) is 21.7. The molecule has 3 nitrogen and oxygen atoms in total. The van der Waals surface area contributed by atoms with Crippen LogP contribution in [0.25, 0.3) is 22.6 Å². The highest BCUT2D eigenvalue weighted by Crippen LogP contribution is 2.22. The first-order valence-electron chi connectivity index (χ1n) is 12.2. The van der Waals surface area contributed by atoms with Crippen LogP contribution in [0.2, 0.25) is 0 Å². The van der Waals surface area contributed by atoms with Gasteiger partial charge in [0.1, 0.15) is 0 Å². The van der Waals surface area contributed by atoms with Crippen LogP contribution < -0.4 is 0 Å². The molecule has 0 radical (unpaired) electrons. The molecular formula is C28H37N3. The largest absolute Gasteiger partial charge is 0.256 e. The van der Waals surface area contributed by atoms with E-state index in [2.05, 4.69) is 65.2 Å². The summed E-state index contributed by atoms with van der Waals surface area (Å²) < 4.78 is 0. The maximum atomic E-state index is 4.69. The fourth-order valence-corrected chi connectivity index (χ4v) is 3.85. The Labute approximate surface area is 188 Å². The summed E-state index contributed by atoms with van der Waals surface area (Å²) in [6, 6.07) is 12.8. The van der Waals surface area contributed by atoms with Crippen LogP contribution in [0.1, 0.15) is 82.8 Å². The Morgan fingerprint density at radius 1 is 0.516 bits per heavy atom. The summed E-state index contributed by atoms with van der Waals surface area (Å²) in [5, 5.41) is 0. The molecule has 0 spiro atoms. The van der Waals surface area contributed by atoms with Gasteiger partial charge in [-0.2, -0.15) is 0 Å². The van der Waals surface area contributed by atoms with Gasteiger partial charge in [-0.25, -0.2) is 9.97 Å². The summed E-state index contributed by atoms with van der Waals surface area (Å²) in [6.45, 7) is 4.50. The minimum atomic E-state index is 0.787. The maximum absolute atomic E-state index is 4.69. The standard InChI is InChI=1S/C28H37N3/c1-3-5-7-9-11-12-23-14-19-27(29-20-23)25-15-17-26(18-16-25)28-30-21-24(22-31-28)13-10-8-6-4-2/h14-22H,3-13H2,1-2H3. The number of benzene rings is 1. The van der Waals surface area contributed by atoms with E-state index in [1.165, 1.54) is 68.9 Å². The Morgan fingerprint density at radius 2 is 1.06 bits per heavy atom. The quantitative estimate of drug-likeness (QED) is 0.267. The topological polar surface area (TPSA) is 38.7 Å². The summed E-state index contributed by atoms with van der Waals surface area (Å²) in [4.78, 5) is 13.9. The van der Waals surface area contributed by atoms with Crippen LogP contribution in [0.3, 0.4) is 0 Å². The third-order valence-corrected chi connectivity index (χ3v) is 5.86. The van der Waals surface area contributed by atoms with E-state index < -0.39 is 0 Å². The Kier molecular flexibility index (Phi) is 9.69. The fraction of sp³-hybridized carbons (Fsp3) is 0.464. The number of hydrogen-bond acceptors (Lipinski definition) is 3. The van der Waals surface area contributed by atoms with Crippen LogP contribution in [0.5, 0.6) is 0 Å². The maximum Gasteiger partial charge on any atom is 0.159 e. The molecule has 3 aromatic rings. The Bertz CT molecular complexity index is 868. The van der Waals surface area contributed by atoms with Crippen molar-refractivity contribution in [3.05, 3.63) is 66.1 Å². The molecular weight excluding hydrogens is 378 g/mol. The summed E-state index contributed by atoms with van der Waals surface area (Å²) in [7, 11) is 0. The van der Waals surface area contributed by atoms with Gasteiger partial charge in [0.05, 0.1) is 5.69 Å². The van der Waals surface area contributed by atoms with Crippen LogP contribution in [0.4, 0.5) is 0 Å². The Hall–Kier alpha value is -2.55. The van der Waals surface area contributed by atoms with Gasteiger partial charge >= 0.3 is 0 Å². The van der Waals surface area contributed by atoms with Crippen molar-refractivity contribution >= 4 is 0 Å². The lowest BCUT2D eigenvalue weighted by Gasteiger charge is -2.06. The van der Waals surface area contributed by atoms with E-state index in [1.54, 1.807) is 0 Å². The molecule has 164 valence electrons. The van der Waals surface area contributed by atoms with E-state index in [-0.39, 0.29) is 0 Å². The highest BCUT2D eigenvalue weighted by Gasteiger charge is 2.05. The lowest BCUT2D eigenvalue weighted by atomic mass is 10.0. The molecule has 0 fully saturated rings. The zero-order valence-electron chi connectivity index (χ0n) is 19.3. The molecule has 0 saturated heterocycles. The third-order valence-electron chi connectivity index (χ3n) is 5.86.